The van der Waals surface area contributed by atoms with Gasteiger partial charge in [0.05, 0.1) is 31.1 Å². The molecule has 0 radical (unpaired) electrons. The molecule has 1 aliphatic heterocycles. The van der Waals surface area contributed by atoms with Crippen molar-refractivity contribution in [2.75, 3.05) is 24.5 Å². The van der Waals surface area contributed by atoms with E-state index in [1.54, 1.807) is 6.92 Å². The molecular weight excluding hydrogens is 384 g/mol. The molecule has 0 aromatic heterocycles. The molecule has 1 saturated heterocycles. The van der Waals surface area contributed by atoms with Crippen molar-refractivity contribution in [2.24, 2.45) is 0 Å². The van der Waals surface area contributed by atoms with Gasteiger partial charge in [0.25, 0.3) is 0 Å². The van der Waals surface area contributed by atoms with Crippen molar-refractivity contribution >= 4 is 21.7 Å². The molecule has 1 atom stereocenters. The Balaban J connectivity index is 1.92. The number of sulfonamides is 1. The number of carbonyl (C=O) groups excluding carboxylic acids is 1. The summed E-state index contributed by atoms with van der Waals surface area (Å²) in [5, 5.41) is -1.25. The number of esters is 1. The summed E-state index contributed by atoms with van der Waals surface area (Å²) >= 11 is 0. The minimum Gasteiger partial charge on any atom is -0.463 e. The van der Waals surface area contributed by atoms with Crippen LogP contribution >= 0.6 is 0 Å². The molecule has 1 heterocycles. The molecular formula is C17H19F2NO6S. The zero-order valence-corrected chi connectivity index (χ0v) is 15.4. The Morgan fingerprint density at radius 2 is 2.00 bits per heavy atom. The van der Waals surface area contributed by atoms with Crippen molar-refractivity contribution in [1.29, 1.82) is 0 Å². The Morgan fingerprint density at radius 1 is 1.30 bits per heavy atom. The number of rotatable bonds is 5. The maximum Gasteiger partial charge on any atom is 0.335 e. The molecule has 0 amide bonds. The topological polar surface area (TPSA) is 90.9 Å². The second-order valence-corrected chi connectivity index (χ2v) is 8.00. The molecule has 1 aliphatic carbocycles. The molecule has 0 saturated carbocycles. The predicted molar refractivity (Wildman–Crippen MR) is 91.3 cm³/mol. The van der Waals surface area contributed by atoms with E-state index in [2.05, 4.69) is 4.72 Å². The van der Waals surface area contributed by atoms with Crippen molar-refractivity contribution in [3.63, 3.8) is 0 Å². The van der Waals surface area contributed by atoms with Gasteiger partial charge >= 0.3 is 5.97 Å². The first-order valence-corrected chi connectivity index (χ1v) is 9.95. The van der Waals surface area contributed by atoms with Crippen LogP contribution in [0, 0.1) is 11.6 Å². The average molecular weight is 403 g/mol. The normalized spacial score (nSPS) is 21.7. The van der Waals surface area contributed by atoms with Crippen molar-refractivity contribution in [2.45, 2.75) is 30.8 Å². The molecule has 27 heavy (non-hydrogen) atoms. The fourth-order valence-electron chi connectivity index (χ4n) is 3.11. The number of ether oxygens (including phenoxy) is 3. The minimum atomic E-state index is -4.14. The second kappa shape index (κ2) is 7.53. The lowest BCUT2D eigenvalue weighted by Gasteiger charge is -2.33. The maximum absolute atomic E-state index is 13.4. The van der Waals surface area contributed by atoms with Crippen molar-refractivity contribution < 1.29 is 36.2 Å². The van der Waals surface area contributed by atoms with E-state index in [0.717, 1.165) is 18.2 Å². The lowest BCUT2D eigenvalue weighted by Crippen LogP contribution is -2.42. The molecule has 7 nitrogen and oxygen atoms in total. The van der Waals surface area contributed by atoms with E-state index in [1.165, 1.54) is 6.08 Å². The Bertz CT molecular complexity index is 864. The highest BCUT2D eigenvalue weighted by atomic mass is 32.2. The second-order valence-electron chi connectivity index (χ2n) is 6.13. The summed E-state index contributed by atoms with van der Waals surface area (Å²) in [7, 11) is -4.14. The molecule has 1 fully saturated rings. The predicted octanol–water partition coefficient (Wildman–Crippen LogP) is 2.10. The highest BCUT2D eigenvalue weighted by molar-refractivity contribution is 7.93. The van der Waals surface area contributed by atoms with Crippen LogP contribution in [0.4, 0.5) is 14.5 Å². The zero-order valence-electron chi connectivity index (χ0n) is 14.5. The van der Waals surface area contributed by atoms with Crippen LogP contribution < -0.4 is 4.72 Å². The molecule has 1 aromatic carbocycles. The van der Waals surface area contributed by atoms with Gasteiger partial charge in [0.2, 0.25) is 10.0 Å². The highest BCUT2D eigenvalue weighted by Crippen LogP contribution is 2.37. The van der Waals surface area contributed by atoms with E-state index in [9.17, 15) is 22.0 Å². The third-order valence-corrected chi connectivity index (χ3v) is 6.08. The van der Waals surface area contributed by atoms with Crippen LogP contribution in [0.5, 0.6) is 0 Å². The van der Waals surface area contributed by atoms with Crippen LogP contribution in [0.3, 0.4) is 0 Å². The van der Waals surface area contributed by atoms with E-state index in [-0.39, 0.29) is 30.7 Å². The average Bonchev–Trinajstić information content (AvgIpc) is 3.05. The first kappa shape index (κ1) is 19.7. The van der Waals surface area contributed by atoms with E-state index in [4.69, 9.17) is 14.2 Å². The van der Waals surface area contributed by atoms with Crippen LogP contribution in [0.15, 0.2) is 29.8 Å². The first-order chi connectivity index (χ1) is 12.8. The van der Waals surface area contributed by atoms with Crippen molar-refractivity contribution in [3.05, 3.63) is 41.5 Å². The largest absolute Gasteiger partial charge is 0.463 e. The molecule has 148 valence electrons. The summed E-state index contributed by atoms with van der Waals surface area (Å²) in [4.78, 5) is 12.3. The van der Waals surface area contributed by atoms with Gasteiger partial charge in [-0.1, -0.05) is 0 Å². The van der Waals surface area contributed by atoms with Gasteiger partial charge in [0.15, 0.2) is 17.4 Å². The lowest BCUT2D eigenvalue weighted by molar-refractivity contribution is -0.143. The fraction of sp³-hybridized carbons (Fsp3) is 0.471. The summed E-state index contributed by atoms with van der Waals surface area (Å²) in [5.74, 6) is -4.22. The van der Waals surface area contributed by atoms with E-state index in [0.29, 0.717) is 13.2 Å². The molecule has 3 rings (SSSR count). The highest BCUT2D eigenvalue weighted by Gasteiger charge is 2.46. The Labute approximate surface area is 155 Å². The van der Waals surface area contributed by atoms with E-state index < -0.39 is 38.7 Å². The number of benzene rings is 1. The smallest absolute Gasteiger partial charge is 0.335 e. The van der Waals surface area contributed by atoms with E-state index >= 15 is 0 Å². The Morgan fingerprint density at radius 3 is 2.63 bits per heavy atom. The molecule has 1 spiro atoms. The van der Waals surface area contributed by atoms with Crippen LogP contribution in [0.2, 0.25) is 0 Å². The van der Waals surface area contributed by atoms with Crippen molar-refractivity contribution in [1.82, 2.24) is 0 Å². The van der Waals surface area contributed by atoms with Gasteiger partial charge in [-0.25, -0.2) is 22.0 Å². The number of hydrogen-bond acceptors (Lipinski definition) is 6. The third kappa shape index (κ3) is 4.12. The quantitative estimate of drug-likeness (QED) is 0.758. The monoisotopic (exact) mass is 403 g/mol. The standard InChI is InChI=1S/C17H19F2NO6S/c1-2-24-16(21)12-10-17(25-7-8-26-17)6-5-15(12)27(22,23)20-11-3-4-13(18)14(19)9-11/h3-4,9-10,15,20H,2,5-8H2,1H3. The van der Waals surface area contributed by atoms with Gasteiger partial charge < -0.3 is 14.2 Å². The molecule has 2 aliphatic rings. The SMILES string of the molecule is CCOC(=O)C1=CC2(CCC1S(=O)(=O)Nc1ccc(F)c(F)c1)OCCO2. The number of nitrogens with one attached hydrogen (secondary N) is 1. The van der Waals surface area contributed by atoms with Crippen LogP contribution in [0.25, 0.3) is 0 Å². The number of anilines is 1. The zero-order chi connectivity index (χ0) is 19.7. The molecule has 10 heteroatoms. The Kier molecular flexibility index (Phi) is 5.50. The maximum atomic E-state index is 13.4. The molecule has 1 N–H and O–H groups in total. The van der Waals surface area contributed by atoms with Crippen LogP contribution in [0.1, 0.15) is 19.8 Å². The van der Waals surface area contributed by atoms with Crippen LogP contribution in [-0.2, 0) is 29.0 Å². The fourth-order valence-corrected chi connectivity index (χ4v) is 4.63. The van der Waals surface area contributed by atoms with Crippen molar-refractivity contribution in [3.8, 4) is 0 Å². The summed E-state index contributed by atoms with van der Waals surface area (Å²) in [5.41, 5.74) is -0.258. The summed E-state index contributed by atoms with van der Waals surface area (Å²) in [6.07, 6.45) is 1.60. The lowest BCUT2D eigenvalue weighted by atomic mass is 9.94. The van der Waals surface area contributed by atoms with Gasteiger partial charge in [-0.15, -0.1) is 0 Å². The van der Waals surface area contributed by atoms with Gasteiger partial charge in [0.1, 0.15) is 5.25 Å². The third-order valence-electron chi connectivity index (χ3n) is 4.32. The van der Waals surface area contributed by atoms with Gasteiger partial charge in [-0.2, -0.15) is 0 Å². The number of carbonyl (C=O) groups is 1. The molecule has 0 bridgehead atoms. The van der Waals surface area contributed by atoms with E-state index in [1.807, 2.05) is 0 Å². The number of halogens is 2. The molecule has 1 aromatic rings. The van der Waals surface area contributed by atoms with Crippen LogP contribution in [-0.4, -0.2) is 45.2 Å². The Hall–Kier alpha value is -2.04. The summed E-state index contributed by atoms with van der Waals surface area (Å²) < 4.78 is 70.3. The van der Waals surface area contributed by atoms with Gasteiger partial charge in [-0.3, -0.25) is 4.72 Å². The molecule has 1 unspecified atom stereocenters. The summed E-state index contributed by atoms with van der Waals surface area (Å²) in [6, 6.07) is 2.64. The summed E-state index contributed by atoms with van der Waals surface area (Å²) in [6.45, 7) is 2.32. The van der Waals surface area contributed by atoms with Gasteiger partial charge in [-0.05, 0) is 31.6 Å². The minimum absolute atomic E-state index is 0.0314. The van der Waals surface area contributed by atoms with Gasteiger partial charge in [0, 0.05) is 12.5 Å². The number of hydrogen-bond donors (Lipinski definition) is 1. The first-order valence-electron chi connectivity index (χ1n) is 8.41.